The molecule has 0 fully saturated rings. The van der Waals surface area contributed by atoms with Gasteiger partial charge in [0.25, 0.3) is 23.2 Å². The molecule has 3 atom stereocenters. The molecule has 4 heterocycles. The minimum absolute atomic E-state index is 0.0686. The van der Waals surface area contributed by atoms with Gasteiger partial charge in [0.05, 0.1) is 29.7 Å². The number of hydrogen-bond acceptors (Lipinski definition) is 25. The lowest BCUT2D eigenvalue weighted by atomic mass is 9.92. The molecule has 6 amide bonds. The number of carboxylic acids is 1. The summed E-state index contributed by atoms with van der Waals surface area (Å²) >= 11 is 6.58. The molecule has 2 N–H and O–H groups in total. The topological polar surface area (TPSA) is 364 Å². The second kappa shape index (κ2) is 41.0. The van der Waals surface area contributed by atoms with E-state index in [4.69, 9.17) is 47.0 Å². The number of aromatic carboxylic acids is 1. The van der Waals surface area contributed by atoms with Gasteiger partial charge < -0.3 is 57.3 Å². The number of aryl methyl sites for hydroxylation is 3. The number of carboxylic acid groups (broad SMARTS) is 1. The van der Waals surface area contributed by atoms with Crippen LogP contribution in [0.25, 0.3) is 11.6 Å². The zero-order chi connectivity index (χ0) is 91.9. The predicted octanol–water partition coefficient (Wildman–Crippen LogP) is 20.9. The Labute approximate surface area is 718 Å². The molecule has 0 saturated heterocycles. The molecular formula is C79H95BrF8I2N8O21. The Morgan fingerprint density at radius 2 is 0.874 bits per heavy atom. The van der Waals surface area contributed by atoms with E-state index in [2.05, 4.69) is 54.2 Å². The van der Waals surface area contributed by atoms with Crippen molar-refractivity contribution in [2.75, 3.05) is 21.8 Å². The number of Topliss-reactive ketones (excluding diaryl/α,β-unsaturated/α-hetero) is 1. The van der Waals surface area contributed by atoms with Gasteiger partial charge in [-0.25, -0.2) is 62.1 Å². The number of rotatable bonds is 17. The Morgan fingerprint density at radius 1 is 0.521 bits per heavy atom. The Kier molecular flexibility index (Phi) is 35.7. The highest BCUT2D eigenvalue weighted by Gasteiger charge is 2.62. The molecule has 0 saturated carbocycles. The van der Waals surface area contributed by atoms with E-state index in [-0.39, 0.29) is 49.8 Å². The van der Waals surface area contributed by atoms with E-state index in [9.17, 15) is 88.5 Å². The van der Waals surface area contributed by atoms with E-state index in [0.717, 1.165) is 24.3 Å². The van der Waals surface area contributed by atoms with Crippen LogP contribution in [0, 0.1) is 39.5 Å². The average molecular weight is 1980 g/mol. The lowest BCUT2D eigenvalue weighted by Crippen LogP contribution is -2.44. The first-order valence-electron chi connectivity index (χ1n) is 35.5. The summed E-state index contributed by atoms with van der Waals surface area (Å²) in [6.07, 6.45) is -13.8. The van der Waals surface area contributed by atoms with Gasteiger partial charge in [0.2, 0.25) is 11.8 Å². The van der Waals surface area contributed by atoms with Crippen LogP contribution >= 0.6 is 61.1 Å². The Bertz CT molecular complexity index is 4650. The van der Waals surface area contributed by atoms with Crippen LogP contribution in [0.2, 0.25) is 0 Å². The first kappa shape index (κ1) is 103. The summed E-state index contributed by atoms with van der Waals surface area (Å²) in [6.45, 7) is 44.6. The van der Waals surface area contributed by atoms with E-state index in [1.165, 1.54) is 37.4 Å². The first-order valence-corrected chi connectivity index (χ1v) is 38.5. The summed E-state index contributed by atoms with van der Waals surface area (Å²) in [6, 6.07) is 9.77. The molecule has 40 heteroatoms. The third-order valence-corrected chi connectivity index (χ3v) is 16.0. The van der Waals surface area contributed by atoms with Gasteiger partial charge >= 0.3 is 60.9 Å². The number of carbonyl (C=O) groups is 9. The SMILES string of the molecule is C=CC[C@@H](C)Oc1nc(-c2nnc(C(O)(c3cc(I)ccc3F)C(F)(F)F)o2)c(N(C(=O)OC(C)(C)C)C(=O)OC(C)(C)C)cc1C.C=CC[C@@H](C)Oc1nc(C(=O)O)c(N(C(=O)OC(C)(C)C)C(=O)OC(C)(C)C)cc1C.COC(=O)c1nc(Br)c(C)cc1N(C(=O)OC(C)(C)C)C(=O)OC(C)(C)C.O=C(c1cc(I)ccc1F)C(F)(F)F. The van der Waals surface area contributed by atoms with Crippen molar-refractivity contribution in [2.45, 2.75) is 236 Å². The molecule has 0 radical (unpaired) electrons. The van der Waals surface area contributed by atoms with Gasteiger partial charge in [-0.15, -0.1) is 23.4 Å². The number of carbonyl (C=O) groups excluding carboxylic acids is 8. The van der Waals surface area contributed by atoms with Gasteiger partial charge in [-0.2, -0.15) is 41.0 Å². The Morgan fingerprint density at radius 3 is 1.24 bits per heavy atom. The number of esters is 1. The maximum atomic E-state index is 14.8. The van der Waals surface area contributed by atoms with Crippen molar-refractivity contribution in [1.29, 1.82) is 0 Å². The first-order chi connectivity index (χ1) is 54.0. The van der Waals surface area contributed by atoms with E-state index < -0.39 is 158 Å². The van der Waals surface area contributed by atoms with Crippen LogP contribution in [0.15, 0.2) is 88.9 Å². The van der Waals surface area contributed by atoms with Crippen molar-refractivity contribution in [3.8, 4) is 23.3 Å². The van der Waals surface area contributed by atoms with Gasteiger partial charge in [0, 0.05) is 36.7 Å². The number of pyridine rings is 3. The van der Waals surface area contributed by atoms with Crippen molar-refractivity contribution >= 4 is 132 Å². The molecule has 6 rings (SSSR count). The van der Waals surface area contributed by atoms with Gasteiger partial charge in [-0.1, -0.05) is 12.2 Å². The van der Waals surface area contributed by atoms with Crippen molar-refractivity contribution in [3.63, 3.8) is 0 Å². The molecule has 29 nitrogen and oxygen atoms in total. The van der Waals surface area contributed by atoms with Crippen LogP contribution in [0.5, 0.6) is 11.8 Å². The summed E-state index contributed by atoms with van der Waals surface area (Å²) in [7, 11) is 1.17. The molecule has 0 bridgehead atoms. The number of hydrogen-bond donors (Lipinski definition) is 2. The number of ether oxygens (including phenoxy) is 9. The van der Waals surface area contributed by atoms with Crippen molar-refractivity contribution in [1.82, 2.24) is 25.1 Å². The van der Waals surface area contributed by atoms with Crippen LogP contribution in [-0.2, 0) is 38.8 Å². The summed E-state index contributed by atoms with van der Waals surface area (Å²) in [4.78, 5) is 127. The highest BCUT2D eigenvalue weighted by molar-refractivity contribution is 14.1. The fraction of sp³-hybridized carbons (Fsp3) is 0.468. The fourth-order valence-electron chi connectivity index (χ4n) is 9.11. The smallest absolute Gasteiger partial charge is 0.454 e. The number of aromatic nitrogens is 5. The molecule has 119 heavy (non-hydrogen) atoms. The second-order valence-electron chi connectivity index (χ2n) is 31.7. The largest absolute Gasteiger partial charge is 0.476 e. The normalized spacial score (nSPS) is 12.8. The van der Waals surface area contributed by atoms with Crippen molar-refractivity contribution in [3.05, 3.63) is 148 Å². The van der Waals surface area contributed by atoms with E-state index in [1.807, 2.05) is 0 Å². The van der Waals surface area contributed by atoms with Crippen molar-refractivity contribution < 1.29 is 136 Å². The number of ketones is 1. The summed E-state index contributed by atoms with van der Waals surface area (Å²) in [5.41, 5.74) is -12.9. The minimum Gasteiger partial charge on any atom is -0.476 e. The number of alkyl halides is 6. The molecule has 4 aromatic heterocycles. The molecule has 2 aromatic carbocycles. The lowest BCUT2D eigenvalue weighted by molar-refractivity contribution is -0.256. The minimum atomic E-state index is -5.56. The van der Waals surface area contributed by atoms with Crippen LogP contribution in [-0.4, -0.2) is 155 Å². The number of anilines is 3. The number of methoxy groups -OCH3 is 1. The summed E-state index contributed by atoms with van der Waals surface area (Å²) in [5, 5.41) is 27.9. The standard InChI is InChI=1S/C31H35F4IN4O7.C22H32N2O7.C18H25BrN2O6.C8H3F4IO/c1-10-11-17(3)44-23-16(2)14-21(40(26(41)46-28(4,5)6)27(42)47-29(7,8)9)22(37-23)24-38-39-25(45-24)30(43,31(33,34)35)19-15-18(36)12-13-20(19)32;1-10-11-14(3)29-17-13(2)12-15(16(23-17)18(25)26)24(19(27)30-21(4,5)6)20(28)31-22(7,8)9;1-10-9-11(12(14(22)25-8)20-13(10)19)21(15(23)26-17(2,3)4)16(24)27-18(5,6)7;9-6-2-1-4(13)3-5(6)7(14)8(10,11)12/h10,12-15,17,43H,1,11H2,2-9H3;10,12,14H,1,11H2,2-9H3,(H,25,26);9H,1-8H3;1-3H/t17-,30?;14-;;/m11../s1. The zero-order valence-corrected chi connectivity index (χ0v) is 75.6. The second-order valence-corrected chi connectivity index (χ2v) is 34.9. The molecule has 0 aliphatic heterocycles. The van der Waals surface area contributed by atoms with Crippen LogP contribution in [0.4, 0.5) is 81.0 Å². The maximum Gasteiger partial charge on any atom is 0.454 e. The van der Waals surface area contributed by atoms with E-state index in [1.54, 1.807) is 217 Å². The quantitative estimate of drug-likeness (QED) is 0.0163. The van der Waals surface area contributed by atoms with Crippen molar-refractivity contribution in [2.24, 2.45) is 0 Å². The number of halogens is 11. The number of benzene rings is 2. The number of amides is 6. The fourth-order valence-corrected chi connectivity index (χ4v) is 10.4. The molecular weight excluding hydrogens is 1880 g/mol. The number of nitrogens with zero attached hydrogens (tertiary/aromatic N) is 8. The Hall–Kier alpha value is -9.72. The average Bonchev–Trinajstić information content (AvgIpc) is 1.65. The monoisotopic (exact) mass is 1980 g/mol. The molecule has 0 aliphatic carbocycles. The lowest BCUT2D eigenvalue weighted by Gasteiger charge is -2.29. The Balaban J connectivity index is 0.000000442. The maximum absolute atomic E-state index is 14.8. The van der Waals surface area contributed by atoms with Gasteiger partial charge in [0.15, 0.2) is 17.1 Å². The van der Waals surface area contributed by atoms with Crippen LogP contribution in [0.3, 0.4) is 0 Å². The highest BCUT2D eigenvalue weighted by atomic mass is 127. The molecule has 6 aromatic rings. The van der Waals surface area contributed by atoms with Gasteiger partial charge in [0.1, 0.15) is 62.1 Å². The van der Waals surface area contributed by atoms with Gasteiger partial charge in [-0.05, 0) is 281 Å². The number of imide groups is 3. The predicted molar refractivity (Wildman–Crippen MR) is 439 cm³/mol. The highest BCUT2D eigenvalue weighted by Crippen LogP contribution is 2.47. The zero-order valence-electron chi connectivity index (χ0n) is 69.7. The number of aliphatic hydroxyl groups is 1. The molecule has 0 aliphatic rings. The molecule has 1 unspecified atom stereocenters. The molecule has 0 spiro atoms. The summed E-state index contributed by atoms with van der Waals surface area (Å²) in [5.74, 6) is -9.23. The van der Waals surface area contributed by atoms with Gasteiger partial charge in [-0.3, -0.25) is 4.79 Å². The molecule has 654 valence electrons. The van der Waals surface area contributed by atoms with E-state index >= 15 is 0 Å². The van der Waals surface area contributed by atoms with E-state index in [0.29, 0.717) is 46.8 Å². The van der Waals surface area contributed by atoms with Crippen LogP contribution < -0.4 is 24.2 Å². The summed E-state index contributed by atoms with van der Waals surface area (Å²) < 4.78 is 162. The third-order valence-electron chi connectivity index (χ3n) is 13.9. The third kappa shape index (κ3) is 31.1. The van der Waals surface area contributed by atoms with Crippen LogP contribution in [0.1, 0.15) is 211 Å².